The number of nitrogens with zero attached hydrogens (tertiary/aromatic N) is 1. The number of hydrogen-bond acceptors (Lipinski definition) is 3. The average Bonchev–Trinajstić information content (AvgIpc) is 3.09. The maximum absolute atomic E-state index is 12.4. The number of carboxylic acid groups (broad SMARTS) is 1. The average molecular weight is 415 g/mol. The Kier molecular flexibility index (Phi) is 6.05. The molecule has 0 bridgehead atoms. The first-order chi connectivity index (χ1) is 15.1. The Morgan fingerprint density at radius 1 is 0.935 bits per heavy atom. The van der Waals surface area contributed by atoms with Gasteiger partial charge in [-0.25, -0.2) is 4.79 Å². The molecule has 0 spiro atoms. The summed E-state index contributed by atoms with van der Waals surface area (Å²) < 4.78 is 7.34. The van der Waals surface area contributed by atoms with E-state index in [1.165, 1.54) is 0 Å². The number of hydrogen-bond donors (Lipinski definition) is 2. The predicted octanol–water partition coefficient (Wildman–Crippen LogP) is 4.99. The van der Waals surface area contributed by atoms with E-state index >= 15 is 0 Å². The molecule has 0 amide bonds. The highest BCUT2D eigenvalue weighted by Gasteiger charge is 2.22. The molecular weight excluding hydrogens is 388 g/mol. The Balaban J connectivity index is 1.70. The van der Waals surface area contributed by atoms with Crippen LogP contribution < -0.4 is 10.1 Å². The lowest BCUT2D eigenvalue weighted by Crippen LogP contribution is -2.17. The van der Waals surface area contributed by atoms with Crippen molar-refractivity contribution in [2.75, 3.05) is 7.11 Å². The summed E-state index contributed by atoms with van der Waals surface area (Å²) in [7, 11) is 1.65. The lowest BCUT2D eigenvalue weighted by atomic mass is 10.1. The summed E-state index contributed by atoms with van der Waals surface area (Å²) in [5, 5.41) is 14.5. The van der Waals surface area contributed by atoms with Crippen molar-refractivity contribution in [1.29, 1.82) is 0 Å². The van der Waals surface area contributed by atoms with Crippen LogP contribution in [0.1, 0.15) is 32.7 Å². The largest absolute Gasteiger partial charge is 0.496 e. The minimum atomic E-state index is -0.918. The molecular formula is C26H26N2O3. The van der Waals surface area contributed by atoms with Gasteiger partial charge in [0.05, 0.1) is 7.11 Å². The topological polar surface area (TPSA) is 63.5 Å². The molecule has 0 unspecified atom stereocenters. The summed E-state index contributed by atoms with van der Waals surface area (Å²) in [4.78, 5) is 12.4. The van der Waals surface area contributed by atoms with Gasteiger partial charge in [0.15, 0.2) is 0 Å². The zero-order valence-corrected chi connectivity index (χ0v) is 17.8. The summed E-state index contributed by atoms with van der Waals surface area (Å²) >= 11 is 0. The molecule has 5 nitrogen and oxygen atoms in total. The minimum Gasteiger partial charge on any atom is -0.496 e. The molecule has 4 aromatic rings. The number of para-hydroxylation sites is 2. The van der Waals surface area contributed by atoms with E-state index in [-0.39, 0.29) is 0 Å². The van der Waals surface area contributed by atoms with Crippen LogP contribution in [0.3, 0.4) is 0 Å². The molecule has 0 saturated carbocycles. The number of aromatic nitrogens is 1. The van der Waals surface area contributed by atoms with Crippen molar-refractivity contribution < 1.29 is 14.6 Å². The van der Waals surface area contributed by atoms with Gasteiger partial charge in [0.25, 0.3) is 0 Å². The Morgan fingerprint density at radius 2 is 1.61 bits per heavy atom. The predicted molar refractivity (Wildman–Crippen MR) is 123 cm³/mol. The number of aromatic carboxylic acids is 1. The summed E-state index contributed by atoms with van der Waals surface area (Å²) in [6.07, 6.45) is 0. The van der Waals surface area contributed by atoms with Gasteiger partial charge in [-0.2, -0.15) is 0 Å². The molecule has 0 fully saturated rings. The number of nitrogens with one attached hydrogen (secondary N) is 1. The normalized spacial score (nSPS) is 11.0. The monoisotopic (exact) mass is 414 g/mol. The summed E-state index contributed by atoms with van der Waals surface area (Å²) in [6, 6.07) is 23.8. The van der Waals surface area contributed by atoms with Gasteiger partial charge in [-0.05, 0) is 30.2 Å². The number of methoxy groups -OCH3 is 1. The third-order valence-corrected chi connectivity index (χ3v) is 5.68. The van der Waals surface area contributed by atoms with E-state index in [1.807, 2.05) is 65.2 Å². The zero-order chi connectivity index (χ0) is 21.8. The first-order valence-corrected chi connectivity index (χ1v) is 10.3. The van der Waals surface area contributed by atoms with E-state index in [2.05, 4.69) is 24.4 Å². The van der Waals surface area contributed by atoms with E-state index < -0.39 is 5.97 Å². The van der Waals surface area contributed by atoms with Crippen molar-refractivity contribution in [2.45, 2.75) is 26.6 Å². The molecule has 0 saturated heterocycles. The van der Waals surface area contributed by atoms with Crippen molar-refractivity contribution >= 4 is 16.9 Å². The van der Waals surface area contributed by atoms with Crippen LogP contribution in [0, 0.1) is 6.92 Å². The van der Waals surface area contributed by atoms with Crippen LogP contribution in [0.15, 0.2) is 72.8 Å². The molecule has 1 heterocycles. The smallest absolute Gasteiger partial charge is 0.352 e. The second kappa shape index (κ2) is 9.06. The van der Waals surface area contributed by atoms with Crippen molar-refractivity contribution in [1.82, 2.24) is 9.88 Å². The molecule has 0 aliphatic heterocycles. The molecule has 158 valence electrons. The number of benzene rings is 3. The van der Waals surface area contributed by atoms with Crippen LogP contribution in [0.2, 0.25) is 0 Å². The van der Waals surface area contributed by atoms with Gasteiger partial charge in [0.1, 0.15) is 11.4 Å². The molecule has 2 N–H and O–H groups in total. The molecule has 31 heavy (non-hydrogen) atoms. The van der Waals surface area contributed by atoms with Gasteiger partial charge < -0.3 is 19.7 Å². The lowest BCUT2D eigenvalue weighted by Gasteiger charge is -2.12. The SMILES string of the molecule is COc1ccccc1CNCc1c(C(=O)O)n(Cc2ccccc2C)c2ccccc12. The number of carbonyl (C=O) groups is 1. The van der Waals surface area contributed by atoms with Crippen LogP contribution in [0.5, 0.6) is 5.75 Å². The van der Waals surface area contributed by atoms with E-state index in [1.54, 1.807) is 7.11 Å². The first-order valence-electron chi connectivity index (χ1n) is 10.3. The molecule has 0 aliphatic carbocycles. The molecule has 4 rings (SSSR count). The van der Waals surface area contributed by atoms with E-state index in [4.69, 9.17) is 4.74 Å². The van der Waals surface area contributed by atoms with Crippen LogP contribution >= 0.6 is 0 Å². The third kappa shape index (κ3) is 4.18. The Morgan fingerprint density at radius 3 is 2.35 bits per heavy atom. The highest BCUT2D eigenvalue weighted by atomic mass is 16.5. The summed E-state index contributed by atoms with van der Waals surface area (Å²) in [6.45, 7) is 3.60. The molecule has 0 radical (unpaired) electrons. The molecule has 1 aromatic heterocycles. The standard InChI is InChI=1S/C26H26N2O3/c1-18-9-3-4-11-20(18)17-28-23-13-7-6-12-21(23)22(25(28)26(29)30)16-27-15-19-10-5-8-14-24(19)31-2/h3-14,27H,15-17H2,1-2H3,(H,29,30). The fourth-order valence-corrected chi connectivity index (χ4v) is 4.09. The van der Waals surface area contributed by atoms with Crippen molar-refractivity contribution in [3.05, 3.63) is 101 Å². The Labute approximate surface area is 181 Å². The van der Waals surface area contributed by atoms with E-state index in [9.17, 15) is 9.90 Å². The molecule has 3 aromatic carbocycles. The first kappa shape index (κ1) is 20.7. The van der Waals surface area contributed by atoms with Gasteiger partial charge in [-0.3, -0.25) is 0 Å². The van der Waals surface area contributed by atoms with Crippen molar-refractivity contribution in [3.63, 3.8) is 0 Å². The fourth-order valence-electron chi connectivity index (χ4n) is 4.09. The van der Waals surface area contributed by atoms with Gasteiger partial charge in [0.2, 0.25) is 0 Å². The highest BCUT2D eigenvalue weighted by Crippen LogP contribution is 2.28. The van der Waals surface area contributed by atoms with Gasteiger partial charge >= 0.3 is 5.97 Å². The van der Waals surface area contributed by atoms with Crippen molar-refractivity contribution in [3.8, 4) is 5.75 Å². The highest BCUT2D eigenvalue weighted by molar-refractivity contribution is 5.98. The minimum absolute atomic E-state index is 0.331. The van der Waals surface area contributed by atoms with Crippen molar-refractivity contribution in [2.24, 2.45) is 0 Å². The number of fused-ring (bicyclic) bond motifs is 1. The number of carboxylic acids is 1. The molecule has 5 heteroatoms. The van der Waals surface area contributed by atoms with Gasteiger partial charge in [-0.1, -0.05) is 60.7 Å². The zero-order valence-electron chi connectivity index (χ0n) is 17.8. The van der Waals surface area contributed by atoms with Crippen LogP contribution in [-0.4, -0.2) is 22.8 Å². The number of rotatable bonds is 8. The Hall–Kier alpha value is -3.57. The fraction of sp³-hybridized carbons (Fsp3) is 0.192. The number of aryl methyl sites for hydroxylation is 1. The van der Waals surface area contributed by atoms with Crippen LogP contribution in [0.25, 0.3) is 10.9 Å². The van der Waals surface area contributed by atoms with Crippen LogP contribution in [-0.2, 0) is 19.6 Å². The summed E-state index contributed by atoms with van der Waals surface area (Å²) in [5.74, 6) is -0.102. The second-order valence-electron chi connectivity index (χ2n) is 7.58. The summed E-state index contributed by atoms with van der Waals surface area (Å²) in [5.41, 5.74) is 5.35. The van der Waals surface area contributed by atoms with E-state index in [0.29, 0.717) is 25.3 Å². The van der Waals surface area contributed by atoms with E-state index in [0.717, 1.165) is 38.9 Å². The van der Waals surface area contributed by atoms with Gasteiger partial charge in [-0.15, -0.1) is 0 Å². The molecule has 0 atom stereocenters. The number of ether oxygens (including phenoxy) is 1. The quantitative estimate of drug-likeness (QED) is 0.426. The van der Waals surface area contributed by atoms with Crippen LogP contribution in [0.4, 0.5) is 0 Å². The maximum Gasteiger partial charge on any atom is 0.352 e. The Bertz CT molecular complexity index is 1230. The third-order valence-electron chi connectivity index (χ3n) is 5.68. The maximum atomic E-state index is 12.4. The second-order valence-corrected chi connectivity index (χ2v) is 7.58. The molecule has 0 aliphatic rings. The lowest BCUT2D eigenvalue weighted by molar-refractivity contribution is 0.0684. The van der Waals surface area contributed by atoms with Gasteiger partial charge in [0, 0.05) is 41.7 Å².